The van der Waals surface area contributed by atoms with Crippen molar-refractivity contribution in [1.29, 1.82) is 0 Å². The number of carbonyl (C=O) groups excluding carboxylic acids is 4. The topological polar surface area (TPSA) is 168 Å². The maximum absolute atomic E-state index is 10.8. The number of aldehydes is 2. The molecule has 0 fully saturated rings. The van der Waals surface area contributed by atoms with Gasteiger partial charge in [0, 0.05) is 0 Å². The van der Waals surface area contributed by atoms with Crippen LogP contribution in [-0.4, -0.2) is 54.6 Å². The van der Waals surface area contributed by atoms with Gasteiger partial charge in [-0.2, -0.15) is 0 Å². The molecule has 10 nitrogen and oxygen atoms in total. The van der Waals surface area contributed by atoms with Crippen LogP contribution in [0.3, 0.4) is 0 Å². The van der Waals surface area contributed by atoms with Gasteiger partial charge in [0.2, 0.25) is 5.91 Å². The molecule has 0 aliphatic rings. The monoisotopic (exact) mass is 526 g/mol. The summed E-state index contributed by atoms with van der Waals surface area (Å²) in [6, 6.07) is 9.72. The van der Waals surface area contributed by atoms with Gasteiger partial charge in [0.1, 0.15) is 0 Å². The second-order valence-electron chi connectivity index (χ2n) is 5.83. The lowest BCUT2D eigenvalue weighted by atomic mass is 10.2. The van der Waals surface area contributed by atoms with Crippen molar-refractivity contribution in [3.8, 4) is 23.0 Å². The second kappa shape index (κ2) is 17.0. The number of hydrogen-bond donors (Lipinski definition) is 3. The summed E-state index contributed by atoms with van der Waals surface area (Å²) < 4.78 is 15.5. The van der Waals surface area contributed by atoms with Crippen molar-refractivity contribution in [2.24, 2.45) is 11.5 Å². The van der Waals surface area contributed by atoms with Gasteiger partial charge in [-0.1, -0.05) is 28.1 Å². The highest BCUT2D eigenvalue weighted by Crippen LogP contribution is 2.30. The molecule has 0 aromatic heterocycles. The number of primary amides is 2. The molecule has 0 atom stereocenters. The number of alkyl halides is 1. The van der Waals surface area contributed by atoms with Crippen LogP contribution in [0.2, 0.25) is 0 Å². The molecule has 0 saturated heterocycles. The van der Waals surface area contributed by atoms with E-state index in [4.69, 9.17) is 19.9 Å². The Morgan fingerprint density at radius 1 is 0.879 bits per heavy atom. The van der Waals surface area contributed by atoms with Crippen molar-refractivity contribution in [1.82, 2.24) is 0 Å². The van der Waals surface area contributed by atoms with Gasteiger partial charge >= 0.3 is 0 Å². The van der Waals surface area contributed by atoms with Crippen LogP contribution >= 0.6 is 15.9 Å². The van der Waals surface area contributed by atoms with E-state index in [0.29, 0.717) is 42.8 Å². The summed E-state index contributed by atoms with van der Waals surface area (Å²) in [4.78, 5) is 41.3. The Labute approximate surface area is 199 Å². The van der Waals surface area contributed by atoms with Gasteiger partial charge in [-0.25, -0.2) is 0 Å². The van der Waals surface area contributed by atoms with Gasteiger partial charge in [0.15, 0.2) is 42.2 Å². The van der Waals surface area contributed by atoms with Crippen molar-refractivity contribution < 1.29 is 38.5 Å². The van der Waals surface area contributed by atoms with Crippen LogP contribution < -0.4 is 25.7 Å². The largest absolute Gasteiger partial charge is 0.504 e. The predicted octanol–water partition coefficient (Wildman–Crippen LogP) is 2.23. The molecule has 2 amide bonds. The van der Waals surface area contributed by atoms with E-state index in [0.717, 1.165) is 0 Å². The van der Waals surface area contributed by atoms with E-state index in [1.54, 1.807) is 30.3 Å². The van der Waals surface area contributed by atoms with Crippen molar-refractivity contribution in [2.45, 2.75) is 13.8 Å². The lowest BCUT2D eigenvalue weighted by Gasteiger charge is -2.12. The van der Waals surface area contributed by atoms with Gasteiger partial charge in [-0.15, -0.1) is 0 Å². The summed E-state index contributed by atoms with van der Waals surface area (Å²) >= 11 is 2.84. The van der Waals surface area contributed by atoms with Crippen molar-refractivity contribution in [2.75, 3.05) is 25.2 Å². The first-order chi connectivity index (χ1) is 15.7. The lowest BCUT2D eigenvalue weighted by molar-refractivity contribution is -0.120. The van der Waals surface area contributed by atoms with Gasteiger partial charge in [-0.05, 0) is 38.1 Å². The van der Waals surface area contributed by atoms with Crippen LogP contribution in [0.15, 0.2) is 36.4 Å². The lowest BCUT2D eigenvalue weighted by Crippen LogP contribution is -2.20. The molecule has 0 unspecified atom stereocenters. The maximum Gasteiger partial charge on any atom is 0.255 e. The van der Waals surface area contributed by atoms with E-state index in [2.05, 4.69) is 21.7 Å². The number of phenols is 1. The quantitative estimate of drug-likeness (QED) is 0.312. The Bertz CT molecular complexity index is 921. The van der Waals surface area contributed by atoms with E-state index in [-0.39, 0.29) is 34.9 Å². The summed E-state index contributed by atoms with van der Waals surface area (Å²) in [7, 11) is 0. The minimum atomic E-state index is -0.608. The maximum atomic E-state index is 10.8. The van der Waals surface area contributed by atoms with Crippen LogP contribution in [0.5, 0.6) is 23.0 Å². The summed E-state index contributed by atoms with van der Waals surface area (Å²) in [6.45, 7) is 4.24. The molecular weight excluding hydrogens is 500 g/mol. The third kappa shape index (κ3) is 11.5. The van der Waals surface area contributed by atoms with E-state index in [1.165, 1.54) is 6.07 Å². The molecule has 0 heterocycles. The van der Waals surface area contributed by atoms with Gasteiger partial charge in [0.05, 0.1) is 29.7 Å². The fourth-order valence-electron chi connectivity index (χ4n) is 2.10. The number of rotatable bonds is 10. The number of phenolic OH excluding ortho intramolecular Hbond substituents is 1. The highest BCUT2D eigenvalue weighted by atomic mass is 79.9. The molecule has 2 aromatic carbocycles. The molecule has 0 aliphatic carbocycles. The molecule has 180 valence electrons. The molecule has 2 rings (SSSR count). The SMILES string of the molecule is CCOc1cccc(C=O)c1O.CCOc1cccc(C=O)c1OCC(N)=O.NC(=O)CBr. The van der Waals surface area contributed by atoms with Gasteiger partial charge in [-0.3, -0.25) is 19.2 Å². The molecule has 33 heavy (non-hydrogen) atoms. The molecule has 2 aromatic rings. The minimum Gasteiger partial charge on any atom is -0.504 e. The Morgan fingerprint density at radius 3 is 1.82 bits per heavy atom. The van der Waals surface area contributed by atoms with Crippen LogP contribution in [0.1, 0.15) is 34.6 Å². The number of ether oxygens (including phenoxy) is 3. The molecule has 0 radical (unpaired) electrons. The average Bonchev–Trinajstić information content (AvgIpc) is 2.80. The molecule has 5 N–H and O–H groups in total. The van der Waals surface area contributed by atoms with Crippen LogP contribution in [0, 0.1) is 0 Å². The Morgan fingerprint density at radius 2 is 1.36 bits per heavy atom. The number of halogens is 1. The second-order valence-corrected chi connectivity index (χ2v) is 6.39. The van der Waals surface area contributed by atoms with E-state index in [9.17, 15) is 24.3 Å². The third-order valence-corrected chi connectivity index (χ3v) is 3.94. The Kier molecular flexibility index (Phi) is 15.2. The highest BCUT2D eigenvalue weighted by molar-refractivity contribution is 9.09. The third-order valence-electron chi connectivity index (χ3n) is 3.38. The van der Waals surface area contributed by atoms with Crippen molar-refractivity contribution in [3.63, 3.8) is 0 Å². The van der Waals surface area contributed by atoms with E-state index >= 15 is 0 Å². The summed E-state index contributed by atoms with van der Waals surface area (Å²) in [5.41, 5.74) is 10.1. The smallest absolute Gasteiger partial charge is 0.255 e. The summed E-state index contributed by atoms with van der Waals surface area (Å²) in [5.74, 6) is -0.00361. The molecule has 0 bridgehead atoms. The summed E-state index contributed by atoms with van der Waals surface area (Å²) in [5, 5.41) is 9.62. The molecular formula is C22H27BrN2O8. The van der Waals surface area contributed by atoms with Gasteiger partial charge in [0.25, 0.3) is 5.91 Å². The van der Waals surface area contributed by atoms with Crippen molar-refractivity contribution >= 4 is 40.3 Å². The predicted molar refractivity (Wildman–Crippen MR) is 125 cm³/mol. The minimum absolute atomic E-state index is 0.0886. The van der Waals surface area contributed by atoms with Crippen LogP contribution in [0.4, 0.5) is 0 Å². The first-order valence-corrected chi connectivity index (χ1v) is 10.7. The van der Waals surface area contributed by atoms with Crippen LogP contribution in [-0.2, 0) is 9.59 Å². The standard InChI is InChI=1S/C11H13NO4.C9H10O3.C2H4BrNO/c1-2-15-9-5-3-4-8(6-13)11(9)16-7-10(12)14;1-2-12-8-5-3-4-7(6-10)9(8)11;3-1-2(4)5/h3-6H,2,7H2,1H3,(H2,12,14);3-6,11H,2H2,1H3;1H2,(H2,4,5). The normalized spacial score (nSPS) is 9.18. The number of para-hydroxylation sites is 2. The Balaban J connectivity index is 0.000000530. The number of nitrogens with two attached hydrogens (primary N) is 2. The zero-order valence-electron chi connectivity index (χ0n) is 18.3. The number of hydrogen-bond acceptors (Lipinski definition) is 8. The first kappa shape index (κ1) is 29.4. The van der Waals surface area contributed by atoms with Crippen molar-refractivity contribution in [3.05, 3.63) is 47.5 Å². The fourth-order valence-corrected chi connectivity index (χ4v) is 2.10. The Hall–Kier alpha value is -3.60. The summed E-state index contributed by atoms with van der Waals surface area (Å²) in [6.07, 6.45) is 1.23. The van der Waals surface area contributed by atoms with E-state index in [1.807, 2.05) is 13.8 Å². The first-order valence-electron chi connectivity index (χ1n) is 9.61. The fraction of sp³-hybridized carbons (Fsp3) is 0.273. The van der Waals surface area contributed by atoms with Gasteiger partial charge < -0.3 is 30.8 Å². The number of aromatic hydroxyl groups is 1. The van der Waals surface area contributed by atoms with E-state index < -0.39 is 5.91 Å². The molecule has 0 saturated carbocycles. The number of carbonyl (C=O) groups is 4. The number of benzene rings is 2. The zero-order chi connectivity index (χ0) is 25.2. The average molecular weight is 527 g/mol. The number of amides is 2. The molecule has 11 heteroatoms. The molecule has 0 aliphatic heterocycles. The highest BCUT2D eigenvalue weighted by Gasteiger charge is 2.11. The zero-order valence-corrected chi connectivity index (χ0v) is 19.9. The van der Waals surface area contributed by atoms with Crippen LogP contribution in [0.25, 0.3) is 0 Å². The molecule has 0 spiro atoms.